The Morgan fingerprint density at radius 1 is 1.20 bits per heavy atom. The lowest BCUT2D eigenvalue weighted by molar-refractivity contribution is 0.244. The molecular formula is C18H14ClN3O3. The molecule has 3 N–H and O–H groups in total. The Bertz CT molecular complexity index is 1130. The largest absolute Gasteiger partial charge is 0.438 e. The number of oxazole rings is 1. The Morgan fingerprint density at radius 3 is 2.92 bits per heavy atom. The molecule has 0 saturated heterocycles. The first-order valence-corrected chi connectivity index (χ1v) is 8.06. The van der Waals surface area contributed by atoms with Crippen LogP contribution in [0.1, 0.15) is 11.5 Å². The lowest BCUT2D eigenvalue weighted by Gasteiger charge is -2.07. The Morgan fingerprint density at radius 2 is 2.08 bits per heavy atom. The first kappa shape index (κ1) is 15.7. The molecule has 0 saturated carbocycles. The molecule has 0 aliphatic rings. The van der Waals surface area contributed by atoms with E-state index in [4.69, 9.17) is 21.1 Å². The average Bonchev–Trinajstić information content (AvgIpc) is 3.02. The monoisotopic (exact) mass is 355 g/mol. The van der Waals surface area contributed by atoms with Crippen molar-refractivity contribution in [2.45, 2.75) is 13.2 Å². The second-order valence-corrected chi connectivity index (χ2v) is 6.09. The summed E-state index contributed by atoms with van der Waals surface area (Å²) in [5, 5.41) is 13.8. The van der Waals surface area contributed by atoms with Crippen molar-refractivity contribution in [3.05, 3.63) is 69.3 Å². The van der Waals surface area contributed by atoms with Crippen molar-refractivity contribution in [2.24, 2.45) is 0 Å². The second-order valence-electron chi connectivity index (χ2n) is 5.66. The lowest BCUT2D eigenvalue weighted by atomic mass is 10.1. The van der Waals surface area contributed by atoms with Crippen molar-refractivity contribution in [2.75, 3.05) is 5.32 Å². The fraction of sp³-hybridized carbons (Fsp3) is 0.111. The number of hydrogen-bond acceptors (Lipinski definition) is 5. The number of rotatable bonds is 4. The number of anilines is 1. The highest BCUT2D eigenvalue weighted by atomic mass is 35.5. The van der Waals surface area contributed by atoms with Gasteiger partial charge in [-0.15, -0.1) is 0 Å². The molecule has 0 unspecified atom stereocenters. The van der Waals surface area contributed by atoms with Crippen molar-refractivity contribution in [1.82, 2.24) is 9.97 Å². The zero-order chi connectivity index (χ0) is 17.4. The van der Waals surface area contributed by atoms with E-state index in [1.807, 2.05) is 18.2 Å². The van der Waals surface area contributed by atoms with Crippen LogP contribution in [0.3, 0.4) is 0 Å². The third kappa shape index (κ3) is 3.09. The molecule has 0 amide bonds. The maximum Gasteiger partial charge on any atom is 0.253 e. The van der Waals surface area contributed by atoms with Crippen LogP contribution in [-0.2, 0) is 13.2 Å². The minimum atomic E-state index is -0.244. The summed E-state index contributed by atoms with van der Waals surface area (Å²) in [5.74, 6) is 0.273. The van der Waals surface area contributed by atoms with Gasteiger partial charge in [-0.3, -0.25) is 4.79 Å². The molecule has 0 atom stereocenters. The second kappa shape index (κ2) is 6.23. The molecule has 4 aromatic rings. The van der Waals surface area contributed by atoms with Gasteiger partial charge in [0.1, 0.15) is 12.1 Å². The molecule has 0 spiro atoms. The SMILES string of the molecule is O=c1[nH]c2ccc(Cl)cc2cc1CNc1ccc2nc(CO)oc2c1. The summed E-state index contributed by atoms with van der Waals surface area (Å²) in [6.07, 6.45) is 0. The molecule has 0 aliphatic carbocycles. The predicted molar refractivity (Wildman–Crippen MR) is 96.8 cm³/mol. The number of nitrogens with zero attached hydrogens (tertiary/aromatic N) is 1. The number of halogens is 1. The van der Waals surface area contributed by atoms with Crippen LogP contribution in [0.25, 0.3) is 22.0 Å². The maximum absolute atomic E-state index is 12.2. The van der Waals surface area contributed by atoms with Crippen LogP contribution in [0.15, 0.2) is 51.7 Å². The Kier molecular flexibility index (Phi) is 3.91. The number of pyridine rings is 1. The van der Waals surface area contributed by atoms with Crippen LogP contribution in [-0.4, -0.2) is 15.1 Å². The standard InChI is InChI=1S/C18H14ClN3O3/c19-12-1-3-14-10(6-12)5-11(18(24)22-14)8-20-13-2-4-15-16(7-13)25-17(9-23)21-15/h1-7,20,23H,8-9H2,(H,22,24). The van der Waals surface area contributed by atoms with Gasteiger partial charge in [0.25, 0.3) is 5.56 Å². The van der Waals surface area contributed by atoms with Gasteiger partial charge in [0, 0.05) is 39.8 Å². The van der Waals surface area contributed by atoms with E-state index >= 15 is 0 Å². The van der Waals surface area contributed by atoms with E-state index in [2.05, 4.69) is 15.3 Å². The number of benzene rings is 2. The van der Waals surface area contributed by atoms with Crippen LogP contribution < -0.4 is 10.9 Å². The average molecular weight is 356 g/mol. The van der Waals surface area contributed by atoms with E-state index in [-0.39, 0.29) is 18.1 Å². The van der Waals surface area contributed by atoms with Gasteiger partial charge in [-0.05, 0) is 36.4 Å². The molecule has 0 aliphatic heterocycles. The fourth-order valence-corrected chi connectivity index (χ4v) is 2.88. The molecule has 0 bridgehead atoms. The minimum Gasteiger partial charge on any atom is -0.438 e. The smallest absolute Gasteiger partial charge is 0.253 e. The van der Waals surface area contributed by atoms with Gasteiger partial charge in [-0.25, -0.2) is 4.98 Å². The van der Waals surface area contributed by atoms with E-state index in [0.717, 1.165) is 16.6 Å². The first-order chi connectivity index (χ1) is 12.1. The molecule has 0 fully saturated rings. The molecule has 25 heavy (non-hydrogen) atoms. The number of aromatic nitrogens is 2. The van der Waals surface area contributed by atoms with E-state index in [1.165, 1.54) is 0 Å². The highest BCUT2D eigenvalue weighted by molar-refractivity contribution is 6.31. The number of aliphatic hydroxyl groups is 1. The summed E-state index contributed by atoms with van der Waals surface area (Å²) in [5.41, 5.74) is 3.24. The molecule has 2 heterocycles. The molecule has 4 rings (SSSR count). The molecule has 2 aromatic carbocycles. The topological polar surface area (TPSA) is 91.2 Å². The molecule has 7 heteroatoms. The van der Waals surface area contributed by atoms with Gasteiger partial charge >= 0.3 is 0 Å². The van der Waals surface area contributed by atoms with Gasteiger partial charge in [-0.2, -0.15) is 0 Å². The van der Waals surface area contributed by atoms with Crippen LogP contribution in [0.2, 0.25) is 5.02 Å². The first-order valence-electron chi connectivity index (χ1n) is 7.68. The van der Waals surface area contributed by atoms with E-state index in [0.29, 0.717) is 28.2 Å². The summed E-state index contributed by atoms with van der Waals surface area (Å²) in [6.45, 7) is 0.108. The van der Waals surface area contributed by atoms with Crippen molar-refractivity contribution in [3.8, 4) is 0 Å². The van der Waals surface area contributed by atoms with Gasteiger partial charge in [0.05, 0.1) is 0 Å². The highest BCUT2D eigenvalue weighted by Crippen LogP contribution is 2.21. The third-order valence-corrected chi connectivity index (χ3v) is 4.17. The fourth-order valence-electron chi connectivity index (χ4n) is 2.70. The third-order valence-electron chi connectivity index (χ3n) is 3.93. The highest BCUT2D eigenvalue weighted by Gasteiger charge is 2.07. The summed E-state index contributed by atoms with van der Waals surface area (Å²) >= 11 is 6.01. The lowest BCUT2D eigenvalue weighted by Crippen LogP contribution is -2.15. The molecular weight excluding hydrogens is 342 g/mol. The summed E-state index contributed by atoms with van der Waals surface area (Å²) in [4.78, 5) is 19.2. The van der Waals surface area contributed by atoms with Crippen LogP contribution in [0, 0.1) is 0 Å². The minimum absolute atomic E-state index is 0.148. The van der Waals surface area contributed by atoms with Gasteiger partial charge in [-0.1, -0.05) is 11.6 Å². The summed E-state index contributed by atoms with van der Waals surface area (Å²) < 4.78 is 5.42. The van der Waals surface area contributed by atoms with E-state index in [9.17, 15) is 4.79 Å². The van der Waals surface area contributed by atoms with Crippen LogP contribution in [0.5, 0.6) is 0 Å². The number of nitrogens with one attached hydrogen (secondary N) is 2. The molecule has 0 radical (unpaired) electrons. The summed E-state index contributed by atoms with van der Waals surface area (Å²) in [6, 6.07) is 12.6. The number of aromatic amines is 1. The molecule has 6 nitrogen and oxygen atoms in total. The van der Waals surface area contributed by atoms with E-state index in [1.54, 1.807) is 24.3 Å². The van der Waals surface area contributed by atoms with Crippen molar-refractivity contribution < 1.29 is 9.52 Å². The molecule has 2 aromatic heterocycles. The number of fused-ring (bicyclic) bond motifs is 2. The van der Waals surface area contributed by atoms with Gasteiger partial charge in [0.15, 0.2) is 5.58 Å². The van der Waals surface area contributed by atoms with Crippen molar-refractivity contribution >= 4 is 39.3 Å². The van der Waals surface area contributed by atoms with E-state index < -0.39 is 0 Å². The number of hydrogen-bond donors (Lipinski definition) is 3. The van der Waals surface area contributed by atoms with Gasteiger partial charge < -0.3 is 19.8 Å². The van der Waals surface area contributed by atoms with Crippen LogP contribution in [0.4, 0.5) is 5.69 Å². The molecule has 126 valence electrons. The zero-order valence-corrected chi connectivity index (χ0v) is 13.8. The Hall–Kier alpha value is -2.83. The maximum atomic E-state index is 12.2. The van der Waals surface area contributed by atoms with Crippen LogP contribution >= 0.6 is 11.6 Å². The van der Waals surface area contributed by atoms with Crippen molar-refractivity contribution in [1.29, 1.82) is 0 Å². The number of aliphatic hydroxyl groups excluding tert-OH is 1. The summed E-state index contributed by atoms with van der Waals surface area (Å²) in [7, 11) is 0. The predicted octanol–water partition coefficient (Wildman–Crippen LogP) is 3.43. The number of H-pyrrole nitrogens is 1. The quantitative estimate of drug-likeness (QED) is 0.521. The Balaban J connectivity index is 1.61. The normalized spacial score (nSPS) is 11.3. The van der Waals surface area contributed by atoms with Crippen molar-refractivity contribution in [3.63, 3.8) is 0 Å². The van der Waals surface area contributed by atoms with Gasteiger partial charge in [0.2, 0.25) is 5.89 Å². The Labute approximate surface area is 147 Å². The zero-order valence-electron chi connectivity index (χ0n) is 13.0.